The Labute approximate surface area is 114 Å². The van der Waals surface area contributed by atoms with Crippen LogP contribution in [-0.4, -0.2) is 60.2 Å². The van der Waals surface area contributed by atoms with Gasteiger partial charge in [-0.1, -0.05) is 6.07 Å². The monoisotopic (exact) mass is 262 g/mol. The van der Waals surface area contributed by atoms with Crippen LogP contribution in [0.2, 0.25) is 0 Å². The Morgan fingerprint density at radius 3 is 2.95 bits per heavy atom. The van der Waals surface area contributed by atoms with Gasteiger partial charge in [-0.15, -0.1) is 0 Å². The molecular formula is C14H22N4O. The topological polar surface area (TPSA) is 54.6 Å². The van der Waals surface area contributed by atoms with E-state index in [0.29, 0.717) is 11.9 Å². The summed E-state index contributed by atoms with van der Waals surface area (Å²) in [6.45, 7) is 7.12. The molecule has 19 heavy (non-hydrogen) atoms. The van der Waals surface area contributed by atoms with Crippen molar-refractivity contribution in [2.45, 2.75) is 19.0 Å². The number of rotatable bonds is 3. The molecule has 104 valence electrons. The Kier molecular flexibility index (Phi) is 3.96. The molecule has 1 atom stereocenters. The van der Waals surface area contributed by atoms with Crippen LogP contribution in [0.1, 0.15) is 12.0 Å². The molecule has 3 heterocycles. The number of anilines is 1. The van der Waals surface area contributed by atoms with Gasteiger partial charge < -0.3 is 10.5 Å². The second-order valence-corrected chi connectivity index (χ2v) is 5.37. The average Bonchev–Trinajstić information content (AvgIpc) is 2.91. The highest BCUT2D eigenvalue weighted by Gasteiger charge is 2.28. The van der Waals surface area contributed by atoms with Crippen molar-refractivity contribution in [3.8, 4) is 0 Å². The number of nitrogens with zero attached hydrogens (tertiary/aromatic N) is 3. The number of nitrogen functional groups attached to an aromatic ring is 1. The van der Waals surface area contributed by atoms with Gasteiger partial charge in [0.2, 0.25) is 0 Å². The summed E-state index contributed by atoms with van der Waals surface area (Å²) in [7, 11) is 0. The highest BCUT2D eigenvalue weighted by Crippen LogP contribution is 2.20. The minimum atomic E-state index is 0.664. The molecule has 0 bridgehead atoms. The zero-order valence-corrected chi connectivity index (χ0v) is 11.3. The van der Waals surface area contributed by atoms with Gasteiger partial charge in [-0.3, -0.25) is 9.80 Å². The molecular weight excluding hydrogens is 240 g/mol. The number of hydrogen-bond donors (Lipinski definition) is 1. The average molecular weight is 262 g/mol. The maximum Gasteiger partial charge on any atom is 0.127 e. The number of morpholine rings is 1. The molecule has 2 N–H and O–H groups in total. The van der Waals surface area contributed by atoms with E-state index in [0.717, 1.165) is 51.5 Å². The van der Waals surface area contributed by atoms with Gasteiger partial charge in [-0.05, 0) is 12.5 Å². The molecule has 0 amide bonds. The van der Waals surface area contributed by atoms with Crippen molar-refractivity contribution >= 4 is 5.82 Å². The fourth-order valence-corrected chi connectivity index (χ4v) is 3.02. The third-order valence-corrected chi connectivity index (χ3v) is 4.13. The fourth-order valence-electron chi connectivity index (χ4n) is 3.02. The number of aromatic nitrogens is 1. The summed E-state index contributed by atoms with van der Waals surface area (Å²) < 4.78 is 5.42. The third kappa shape index (κ3) is 3.05. The van der Waals surface area contributed by atoms with Crippen LogP contribution in [0.4, 0.5) is 5.82 Å². The molecule has 2 aliphatic rings. The van der Waals surface area contributed by atoms with E-state index in [9.17, 15) is 0 Å². The van der Waals surface area contributed by atoms with E-state index in [1.54, 1.807) is 6.20 Å². The van der Waals surface area contributed by atoms with Crippen molar-refractivity contribution in [1.29, 1.82) is 0 Å². The number of hydrogen-bond acceptors (Lipinski definition) is 5. The lowest BCUT2D eigenvalue weighted by Gasteiger charge is -2.32. The smallest absolute Gasteiger partial charge is 0.127 e. The van der Waals surface area contributed by atoms with E-state index < -0.39 is 0 Å². The van der Waals surface area contributed by atoms with Crippen LogP contribution in [0.5, 0.6) is 0 Å². The van der Waals surface area contributed by atoms with E-state index in [1.807, 2.05) is 6.07 Å². The first kappa shape index (κ1) is 12.8. The standard InChI is InChI=1S/C14H22N4O/c15-14-12(2-1-4-16-14)10-17-5-3-13(11-17)18-6-8-19-9-7-18/h1-2,4,13H,3,5-11H2,(H2,15,16). The summed E-state index contributed by atoms with van der Waals surface area (Å²) in [6, 6.07) is 4.72. The first-order valence-electron chi connectivity index (χ1n) is 7.06. The second-order valence-electron chi connectivity index (χ2n) is 5.37. The van der Waals surface area contributed by atoms with Crippen LogP contribution < -0.4 is 5.73 Å². The Morgan fingerprint density at radius 1 is 1.32 bits per heavy atom. The van der Waals surface area contributed by atoms with Crippen molar-refractivity contribution in [2.24, 2.45) is 0 Å². The summed E-state index contributed by atoms with van der Waals surface area (Å²) >= 11 is 0. The van der Waals surface area contributed by atoms with Crippen LogP contribution in [0.25, 0.3) is 0 Å². The molecule has 0 aliphatic carbocycles. The van der Waals surface area contributed by atoms with Gasteiger partial charge in [0.25, 0.3) is 0 Å². The number of likely N-dealkylation sites (tertiary alicyclic amines) is 1. The minimum absolute atomic E-state index is 0.664. The number of pyridine rings is 1. The molecule has 5 nitrogen and oxygen atoms in total. The normalized spacial score (nSPS) is 25.8. The predicted molar refractivity (Wildman–Crippen MR) is 74.7 cm³/mol. The third-order valence-electron chi connectivity index (χ3n) is 4.13. The van der Waals surface area contributed by atoms with Crippen LogP contribution in [-0.2, 0) is 11.3 Å². The van der Waals surface area contributed by atoms with Gasteiger partial charge in [-0.25, -0.2) is 4.98 Å². The Bertz CT molecular complexity index is 420. The van der Waals surface area contributed by atoms with Crippen molar-refractivity contribution in [3.63, 3.8) is 0 Å². The fraction of sp³-hybridized carbons (Fsp3) is 0.643. The van der Waals surface area contributed by atoms with Crippen molar-refractivity contribution < 1.29 is 4.74 Å². The molecule has 2 fully saturated rings. The van der Waals surface area contributed by atoms with Gasteiger partial charge in [0.15, 0.2) is 0 Å². The Balaban J connectivity index is 1.55. The molecule has 0 aromatic carbocycles. The molecule has 0 spiro atoms. The summed E-state index contributed by atoms with van der Waals surface area (Å²) in [4.78, 5) is 9.20. The highest BCUT2D eigenvalue weighted by atomic mass is 16.5. The zero-order valence-electron chi connectivity index (χ0n) is 11.3. The number of nitrogens with two attached hydrogens (primary N) is 1. The Hall–Kier alpha value is -1.17. The lowest BCUT2D eigenvalue weighted by atomic mass is 10.2. The van der Waals surface area contributed by atoms with Gasteiger partial charge >= 0.3 is 0 Å². The van der Waals surface area contributed by atoms with Gasteiger partial charge in [0.1, 0.15) is 5.82 Å². The molecule has 1 aromatic rings. The summed E-state index contributed by atoms with van der Waals surface area (Å²) in [6.07, 6.45) is 3.00. The molecule has 2 saturated heterocycles. The SMILES string of the molecule is Nc1ncccc1CN1CCC(N2CCOCC2)C1. The van der Waals surface area contributed by atoms with E-state index in [-0.39, 0.29) is 0 Å². The molecule has 1 aromatic heterocycles. The maximum absolute atomic E-state index is 5.91. The summed E-state index contributed by atoms with van der Waals surface area (Å²) in [5.74, 6) is 0.664. The van der Waals surface area contributed by atoms with Crippen molar-refractivity contribution in [1.82, 2.24) is 14.8 Å². The van der Waals surface area contributed by atoms with Crippen LogP contribution in [0.15, 0.2) is 18.3 Å². The van der Waals surface area contributed by atoms with Gasteiger partial charge in [0.05, 0.1) is 13.2 Å². The molecule has 0 radical (unpaired) electrons. The van der Waals surface area contributed by atoms with Crippen molar-refractivity contribution in [3.05, 3.63) is 23.9 Å². The number of ether oxygens (including phenoxy) is 1. The first-order valence-corrected chi connectivity index (χ1v) is 7.06. The quantitative estimate of drug-likeness (QED) is 0.863. The second kappa shape index (κ2) is 5.86. The van der Waals surface area contributed by atoms with Crippen molar-refractivity contribution in [2.75, 3.05) is 45.1 Å². The predicted octanol–water partition coefficient (Wildman–Crippen LogP) is 0.570. The highest BCUT2D eigenvalue weighted by molar-refractivity contribution is 5.38. The zero-order chi connectivity index (χ0) is 13.1. The molecule has 1 unspecified atom stereocenters. The van der Waals surface area contributed by atoms with E-state index in [1.165, 1.54) is 6.42 Å². The maximum atomic E-state index is 5.91. The van der Waals surface area contributed by atoms with Crippen LogP contribution >= 0.6 is 0 Å². The van der Waals surface area contributed by atoms with Crippen LogP contribution in [0, 0.1) is 0 Å². The largest absolute Gasteiger partial charge is 0.383 e. The van der Waals surface area contributed by atoms with Crippen LogP contribution in [0.3, 0.4) is 0 Å². The summed E-state index contributed by atoms with van der Waals surface area (Å²) in [5.41, 5.74) is 7.06. The first-order chi connectivity index (χ1) is 9.33. The van der Waals surface area contributed by atoms with Gasteiger partial charge in [0, 0.05) is 50.5 Å². The van der Waals surface area contributed by atoms with Gasteiger partial charge in [-0.2, -0.15) is 0 Å². The lowest BCUT2D eigenvalue weighted by Crippen LogP contribution is -2.44. The lowest BCUT2D eigenvalue weighted by molar-refractivity contribution is 0.0184. The molecule has 2 aliphatic heterocycles. The molecule has 5 heteroatoms. The van der Waals surface area contributed by atoms with E-state index in [4.69, 9.17) is 10.5 Å². The summed E-state index contributed by atoms with van der Waals surface area (Å²) in [5, 5.41) is 0. The molecule has 3 rings (SSSR count). The molecule has 0 saturated carbocycles. The Morgan fingerprint density at radius 2 is 2.16 bits per heavy atom. The minimum Gasteiger partial charge on any atom is -0.383 e. The van der Waals surface area contributed by atoms with E-state index in [2.05, 4.69) is 20.9 Å². The van der Waals surface area contributed by atoms with E-state index >= 15 is 0 Å².